The maximum absolute atomic E-state index is 9.82. The molecule has 84 valence electrons. The van der Waals surface area contributed by atoms with Crippen molar-refractivity contribution in [3.05, 3.63) is 23.9 Å². The Kier molecular flexibility index (Phi) is 3.37. The molecule has 0 aromatic carbocycles. The predicted molar refractivity (Wildman–Crippen MR) is 60.8 cm³/mol. The van der Waals surface area contributed by atoms with Crippen LogP contribution in [0.15, 0.2) is 18.3 Å². The number of nitrogens with zero attached hydrogens (tertiary/aromatic N) is 2. The molecule has 0 aliphatic heterocycles. The van der Waals surface area contributed by atoms with Gasteiger partial charge in [0.05, 0.1) is 17.7 Å². The van der Waals surface area contributed by atoms with Gasteiger partial charge in [0.25, 0.3) is 0 Å². The van der Waals surface area contributed by atoms with E-state index >= 15 is 0 Å². The molecule has 0 unspecified atom stereocenters. The van der Waals surface area contributed by atoms with E-state index < -0.39 is 0 Å². The van der Waals surface area contributed by atoms with E-state index in [1.165, 1.54) is 0 Å². The molecule has 0 spiro atoms. The minimum atomic E-state index is -0.331. The second-order valence-electron chi connectivity index (χ2n) is 4.11. The molecule has 16 heavy (non-hydrogen) atoms. The largest absolute Gasteiger partial charge is 0.391 e. The third-order valence-corrected chi connectivity index (χ3v) is 2.98. The van der Waals surface area contributed by atoms with Crippen LogP contribution < -0.4 is 5.32 Å². The van der Waals surface area contributed by atoms with Gasteiger partial charge in [0.1, 0.15) is 11.9 Å². The first-order valence-electron chi connectivity index (χ1n) is 5.61. The second kappa shape index (κ2) is 4.95. The smallest absolute Gasteiger partial charge is 0.144 e. The van der Waals surface area contributed by atoms with Gasteiger partial charge < -0.3 is 10.4 Å². The monoisotopic (exact) mass is 217 g/mol. The third kappa shape index (κ3) is 2.31. The van der Waals surface area contributed by atoms with Crippen molar-refractivity contribution in [1.29, 1.82) is 5.26 Å². The summed E-state index contributed by atoms with van der Waals surface area (Å²) in [6.45, 7) is 0. The van der Waals surface area contributed by atoms with Crippen LogP contribution in [-0.4, -0.2) is 22.2 Å². The van der Waals surface area contributed by atoms with Gasteiger partial charge in [-0.05, 0) is 25.0 Å². The number of hydrogen-bond acceptors (Lipinski definition) is 4. The van der Waals surface area contributed by atoms with Gasteiger partial charge in [-0.2, -0.15) is 5.26 Å². The molecule has 1 fully saturated rings. The SMILES string of the molecule is N#Cc1cccnc1N[C@H]1CCCC[C@@H]1O. The molecule has 1 aromatic heterocycles. The molecule has 0 radical (unpaired) electrons. The summed E-state index contributed by atoms with van der Waals surface area (Å²) in [6.07, 6.45) is 5.27. The lowest BCUT2D eigenvalue weighted by molar-refractivity contribution is 0.116. The number of aliphatic hydroxyl groups is 1. The Balaban J connectivity index is 2.11. The van der Waals surface area contributed by atoms with Gasteiger partial charge in [0.15, 0.2) is 0 Å². The van der Waals surface area contributed by atoms with Crippen molar-refractivity contribution >= 4 is 5.82 Å². The Morgan fingerprint density at radius 3 is 3.00 bits per heavy atom. The number of nitriles is 1. The topological polar surface area (TPSA) is 68.9 Å². The van der Waals surface area contributed by atoms with Gasteiger partial charge in [-0.15, -0.1) is 0 Å². The van der Waals surface area contributed by atoms with Crippen molar-refractivity contribution in [2.75, 3.05) is 5.32 Å². The first kappa shape index (κ1) is 10.9. The maximum Gasteiger partial charge on any atom is 0.144 e. The molecule has 1 aromatic rings. The highest BCUT2D eigenvalue weighted by molar-refractivity contribution is 5.51. The lowest BCUT2D eigenvalue weighted by Gasteiger charge is -2.28. The van der Waals surface area contributed by atoms with Gasteiger partial charge >= 0.3 is 0 Å². The van der Waals surface area contributed by atoms with Gasteiger partial charge in [-0.1, -0.05) is 12.8 Å². The molecule has 1 aliphatic rings. The van der Waals surface area contributed by atoms with E-state index in [4.69, 9.17) is 5.26 Å². The van der Waals surface area contributed by atoms with E-state index in [-0.39, 0.29) is 12.1 Å². The van der Waals surface area contributed by atoms with Crippen LogP contribution in [0.5, 0.6) is 0 Å². The molecule has 0 amide bonds. The quantitative estimate of drug-likeness (QED) is 0.790. The summed E-state index contributed by atoms with van der Waals surface area (Å²) in [4.78, 5) is 4.13. The van der Waals surface area contributed by atoms with Crippen LogP contribution in [-0.2, 0) is 0 Å². The summed E-state index contributed by atoms with van der Waals surface area (Å²) in [7, 11) is 0. The van der Waals surface area contributed by atoms with E-state index in [1.807, 2.05) is 0 Å². The maximum atomic E-state index is 9.82. The first-order chi connectivity index (χ1) is 7.81. The van der Waals surface area contributed by atoms with Crippen LogP contribution in [0, 0.1) is 11.3 Å². The molecular weight excluding hydrogens is 202 g/mol. The van der Waals surface area contributed by atoms with Gasteiger partial charge in [-0.25, -0.2) is 4.98 Å². The van der Waals surface area contributed by atoms with Gasteiger partial charge in [0.2, 0.25) is 0 Å². The number of pyridine rings is 1. The highest BCUT2D eigenvalue weighted by Gasteiger charge is 2.23. The number of hydrogen-bond donors (Lipinski definition) is 2. The van der Waals surface area contributed by atoms with Crippen LogP contribution in [0.2, 0.25) is 0 Å². The summed E-state index contributed by atoms with van der Waals surface area (Å²) in [5, 5.41) is 21.9. The summed E-state index contributed by atoms with van der Waals surface area (Å²) in [5.74, 6) is 0.580. The Morgan fingerprint density at radius 1 is 1.44 bits per heavy atom. The molecule has 2 N–H and O–H groups in total. The Morgan fingerprint density at radius 2 is 2.25 bits per heavy atom. The molecule has 2 atom stereocenters. The Bertz CT molecular complexity index is 399. The van der Waals surface area contributed by atoms with Crippen molar-refractivity contribution in [2.24, 2.45) is 0 Å². The van der Waals surface area contributed by atoms with Crippen molar-refractivity contribution in [1.82, 2.24) is 4.98 Å². The van der Waals surface area contributed by atoms with Crippen molar-refractivity contribution in [3.8, 4) is 6.07 Å². The van der Waals surface area contributed by atoms with E-state index in [9.17, 15) is 5.11 Å². The van der Waals surface area contributed by atoms with E-state index in [2.05, 4.69) is 16.4 Å². The number of nitrogens with one attached hydrogen (secondary N) is 1. The number of aliphatic hydroxyl groups excluding tert-OH is 1. The van der Waals surface area contributed by atoms with Crippen molar-refractivity contribution in [2.45, 2.75) is 37.8 Å². The zero-order valence-electron chi connectivity index (χ0n) is 9.06. The van der Waals surface area contributed by atoms with Crippen molar-refractivity contribution < 1.29 is 5.11 Å². The fraction of sp³-hybridized carbons (Fsp3) is 0.500. The molecule has 0 bridgehead atoms. The fourth-order valence-corrected chi connectivity index (χ4v) is 2.07. The average Bonchev–Trinajstić information content (AvgIpc) is 2.33. The molecule has 1 aliphatic carbocycles. The van der Waals surface area contributed by atoms with Crippen LogP contribution in [0.1, 0.15) is 31.2 Å². The first-order valence-corrected chi connectivity index (χ1v) is 5.61. The van der Waals surface area contributed by atoms with E-state index in [1.54, 1.807) is 18.3 Å². The van der Waals surface area contributed by atoms with Crippen LogP contribution in [0.25, 0.3) is 0 Å². The Hall–Kier alpha value is -1.60. The van der Waals surface area contributed by atoms with E-state index in [0.717, 1.165) is 25.7 Å². The number of anilines is 1. The van der Waals surface area contributed by atoms with Gasteiger partial charge in [0, 0.05) is 6.20 Å². The summed E-state index contributed by atoms with van der Waals surface area (Å²) in [6, 6.07) is 5.58. The fourth-order valence-electron chi connectivity index (χ4n) is 2.07. The zero-order valence-corrected chi connectivity index (χ0v) is 9.06. The summed E-state index contributed by atoms with van der Waals surface area (Å²) >= 11 is 0. The van der Waals surface area contributed by atoms with E-state index in [0.29, 0.717) is 11.4 Å². The lowest BCUT2D eigenvalue weighted by Crippen LogP contribution is -2.36. The lowest BCUT2D eigenvalue weighted by atomic mass is 9.92. The Labute approximate surface area is 94.9 Å². The van der Waals surface area contributed by atoms with Crippen LogP contribution in [0.4, 0.5) is 5.82 Å². The molecule has 2 rings (SSSR count). The van der Waals surface area contributed by atoms with Gasteiger partial charge in [-0.3, -0.25) is 0 Å². The third-order valence-electron chi connectivity index (χ3n) is 2.98. The standard InChI is InChI=1S/C12H15N3O/c13-8-9-4-3-7-14-12(9)15-10-5-1-2-6-11(10)16/h3-4,7,10-11,16H,1-2,5-6H2,(H,14,15)/t10-,11-/m0/s1. The molecule has 1 saturated carbocycles. The average molecular weight is 217 g/mol. The zero-order chi connectivity index (χ0) is 11.4. The van der Waals surface area contributed by atoms with Crippen molar-refractivity contribution in [3.63, 3.8) is 0 Å². The molecule has 1 heterocycles. The molecular formula is C12H15N3O. The highest BCUT2D eigenvalue weighted by atomic mass is 16.3. The minimum Gasteiger partial charge on any atom is -0.391 e. The molecule has 0 saturated heterocycles. The van der Waals surface area contributed by atoms with Crippen LogP contribution >= 0.6 is 0 Å². The second-order valence-corrected chi connectivity index (χ2v) is 4.11. The summed E-state index contributed by atoms with van der Waals surface area (Å²) < 4.78 is 0. The normalized spacial score (nSPS) is 24.8. The minimum absolute atomic E-state index is 0.0238. The van der Waals surface area contributed by atoms with Crippen LogP contribution in [0.3, 0.4) is 0 Å². The number of rotatable bonds is 2. The molecule has 4 heteroatoms. The number of aromatic nitrogens is 1. The highest BCUT2D eigenvalue weighted by Crippen LogP contribution is 2.22. The molecule has 4 nitrogen and oxygen atoms in total. The predicted octanol–water partition coefficient (Wildman–Crippen LogP) is 1.67. The summed E-state index contributed by atoms with van der Waals surface area (Å²) in [5.41, 5.74) is 0.528.